The summed E-state index contributed by atoms with van der Waals surface area (Å²) in [5.74, 6) is 1.77. The van der Waals surface area contributed by atoms with Crippen molar-refractivity contribution < 1.29 is 9.53 Å². The molecule has 0 aliphatic heterocycles. The van der Waals surface area contributed by atoms with Crippen molar-refractivity contribution in [3.8, 4) is 5.75 Å². The first-order chi connectivity index (χ1) is 12.1. The predicted octanol–water partition coefficient (Wildman–Crippen LogP) is 3.63. The van der Waals surface area contributed by atoms with Crippen LogP contribution in [0.4, 0.5) is 0 Å². The Kier molecular flexibility index (Phi) is 5.03. The largest absolute Gasteiger partial charge is 0.497 e. The first-order valence-electron chi connectivity index (χ1n) is 8.43. The highest BCUT2D eigenvalue weighted by molar-refractivity contribution is 5.79. The van der Waals surface area contributed by atoms with Gasteiger partial charge in [-0.2, -0.15) is 0 Å². The molecule has 1 atom stereocenters. The van der Waals surface area contributed by atoms with E-state index in [0.717, 1.165) is 28.2 Å². The second-order valence-electron chi connectivity index (χ2n) is 6.45. The molecule has 130 valence electrons. The molecule has 0 saturated heterocycles. The van der Waals surface area contributed by atoms with Crippen molar-refractivity contribution in [3.63, 3.8) is 0 Å². The van der Waals surface area contributed by atoms with Gasteiger partial charge >= 0.3 is 0 Å². The highest BCUT2D eigenvalue weighted by Gasteiger charge is 2.21. The van der Waals surface area contributed by atoms with Gasteiger partial charge in [-0.25, -0.2) is 4.98 Å². The minimum atomic E-state index is -0.154. The summed E-state index contributed by atoms with van der Waals surface area (Å²) in [6.07, 6.45) is 0.327. The summed E-state index contributed by atoms with van der Waals surface area (Å²) < 4.78 is 5.14. The molecule has 0 spiro atoms. The van der Waals surface area contributed by atoms with E-state index in [0.29, 0.717) is 6.42 Å². The Labute approximate surface area is 147 Å². The molecule has 2 aromatic carbocycles. The van der Waals surface area contributed by atoms with Gasteiger partial charge in [-0.05, 0) is 35.7 Å². The van der Waals surface area contributed by atoms with Crippen LogP contribution in [0, 0.1) is 5.92 Å². The van der Waals surface area contributed by atoms with Gasteiger partial charge in [0.25, 0.3) is 0 Å². The van der Waals surface area contributed by atoms with Crippen LogP contribution in [0.25, 0.3) is 11.0 Å². The molecule has 3 rings (SSSR count). The molecular weight excluding hydrogens is 314 g/mol. The van der Waals surface area contributed by atoms with Crippen molar-refractivity contribution in [2.45, 2.75) is 26.3 Å². The molecule has 5 nitrogen and oxygen atoms in total. The molecule has 5 heteroatoms. The number of fused-ring (bicyclic) bond motifs is 1. The molecule has 25 heavy (non-hydrogen) atoms. The molecule has 0 radical (unpaired) electrons. The molecule has 0 unspecified atom stereocenters. The molecule has 0 bridgehead atoms. The SMILES string of the molecule is COc1ccc(CC(=O)N[C@H](c2nc3ccccc3[nH]2)C(C)C)cc1. The van der Waals surface area contributed by atoms with Crippen molar-refractivity contribution >= 4 is 16.9 Å². The van der Waals surface area contributed by atoms with E-state index in [1.54, 1.807) is 7.11 Å². The normalized spacial score (nSPS) is 12.3. The van der Waals surface area contributed by atoms with E-state index in [-0.39, 0.29) is 17.9 Å². The van der Waals surface area contributed by atoms with Gasteiger partial charge in [0.05, 0.1) is 30.6 Å². The zero-order valence-electron chi connectivity index (χ0n) is 14.7. The maximum absolute atomic E-state index is 12.5. The Morgan fingerprint density at radius 1 is 1.16 bits per heavy atom. The number of ether oxygens (including phenoxy) is 1. The topological polar surface area (TPSA) is 67.0 Å². The number of amides is 1. The summed E-state index contributed by atoms with van der Waals surface area (Å²) in [4.78, 5) is 20.4. The summed E-state index contributed by atoms with van der Waals surface area (Å²) in [5.41, 5.74) is 2.84. The highest BCUT2D eigenvalue weighted by Crippen LogP contribution is 2.22. The first kappa shape index (κ1) is 17.0. The monoisotopic (exact) mass is 337 g/mol. The van der Waals surface area contributed by atoms with Crippen LogP contribution >= 0.6 is 0 Å². The molecule has 0 saturated carbocycles. The molecular formula is C20H23N3O2. The van der Waals surface area contributed by atoms with Crippen LogP contribution in [0.15, 0.2) is 48.5 Å². The van der Waals surface area contributed by atoms with Crippen LogP contribution in [0.5, 0.6) is 5.75 Å². The van der Waals surface area contributed by atoms with Crippen LogP contribution in [0.3, 0.4) is 0 Å². The fourth-order valence-electron chi connectivity index (χ4n) is 2.82. The Morgan fingerprint density at radius 3 is 2.52 bits per heavy atom. The summed E-state index contributed by atoms with van der Waals surface area (Å²) >= 11 is 0. The van der Waals surface area contributed by atoms with Gasteiger partial charge in [-0.1, -0.05) is 38.1 Å². The van der Waals surface area contributed by atoms with E-state index < -0.39 is 0 Å². The number of nitrogens with one attached hydrogen (secondary N) is 2. The maximum atomic E-state index is 12.5. The number of hydrogen-bond acceptors (Lipinski definition) is 3. The van der Waals surface area contributed by atoms with E-state index >= 15 is 0 Å². The quantitative estimate of drug-likeness (QED) is 0.722. The summed E-state index contributed by atoms with van der Waals surface area (Å²) in [5, 5.41) is 3.11. The molecule has 3 aromatic rings. The van der Waals surface area contributed by atoms with Crippen molar-refractivity contribution in [3.05, 3.63) is 59.9 Å². The fraction of sp³-hybridized carbons (Fsp3) is 0.300. The van der Waals surface area contributed by atoms with Crippen LogP contribution in [0.1, 0.15) is 31.3 Å². The summed E-state index contributed by atoms with van der Waals surface area (Å²) in [6, 6.07) is 15.3. The third-order valence-corrected chi connectivity index (χ3v) is 4.21. The zero-order chi connectivity index (χ0) is 17.8. The number of nitrogens with zero attached hydrogens (tertiary/aromatic N) is 1. The number of para-hydroxylation sites is 2. The third kappa shape index (κ3) is 3.99. The summed E-state index contributed by atoms with van der Waals surface area (Å²) in [7, 11) is 1.63. The highest BCUT2D eigenvalue weighted by atomic mass is 16.5. The lowest BCUT2D eigenvalue weighted by atomic mass is 10.0. The number of hydrogen-bond donors (Lipinski definition) is 2. The van der Waals surface area contributed by atoms with E-state index in [1.807, 2.05) is 48.5 Å². The number of H-pyrrole nitrogens is 1. The first-order valence-corrected chi connectivity index (χ1v) is 8.43. The van der Waals surface area contributed by atoms with Crippen molar-refractivity contribution in [2.24, 2.45) is 5.92 Å². The van der Waals surface area contributed by atoms with E-state index in [2.05, 4.69) is 29.1 Å². The van der Waals surface area contributed by atoms with Gasteiger partial charge in [0.1, 0.15) is 11.6 Å². The molecule has 0 aliphatic carbocycles. The second kappa shape index (κ2) is 7.38. The van der Waals surface area contributed by atoms with Gasteiger partial charge in [0.2, 0.25) is 5.91 Å². The van der Waals surface area contributed by atoms with Gasteiger partial charge in [0, 0.05) is 0 Å². The molecule has 1 amide bonds. The average Bonchev–Trinajstić information content (AvgIpc) is 3.03. The molecule has 1 heterocycles. The predicted molar refractivity (Wildman–Crippen MR) is 98.5 cm³/mol. The Bertz CT molecular complexity index is 820. The molecule has 1 aromatic heterocycles. The van der Waals surface area contributed by atoms with Gasteiger partial charge < -0.3 is 15.0 Å². The maximum Gasteiger partial charge on any atom is 0.225 e. The fourth-order valence-corrected chi connectivity index (χ4v) is 2.82. The van der Waals surface area contributed by atoms with Gasteiger partial charge in [-0.15, -0.1) is 0 Å². The second-order valence-corrected chi connectivity index (χ2v) is 6.45. The average molecular weight is 337 g/mol. The lowest BCUT2D eigenvalue weighted by Gasteiger charge is -2.20. The number of rotatable bonds is 6. The van der Waals surface area contributed by atoms with Crippen LogP contribution in [-0.2, 0) is 11.2 Å². The number of aromatic amines is 1. The summed E-state index contributed by atoms with van der Waals surface area (Å²) in [6.45, 7) is 4.15. The Morgan fingerprint density at radius 2 is 1.88 bits per heavy atom. The van der Waals surface area contributed by atoms with Crippen LogP contribution in [0.2, 0.25) is 0 Å². The number of carbonyl (C=O) groups excluding carboxylic acids is 1. The minimum Gasteiger partial charge on any atom is -0.497 e. The third-order valence-electron chi connectivity index (χ3n) is 4.21. The Balaban J connectivity index is 1.73. The standard InChI is InChI=1S/C20H23N3O2/c1-13(2)19(20-21-16-6-4-5-7-17(16)22-20)23-18(24)12-14-8-10-15(25-3)11-9-14/h4-11,13,19H,12H2,1-3H3,(H,21,22)(H,23,24)/t19-/m0/s1. The van der Waals surface area contributed by atoms with Crippen LogP contribution < -0.4 is 10.1 Å². The molecule has 0 fully saturated rings. The van der Waals surface area contributed by atoms with Gasteiger partial charge in [0.15, 0.2) is 0 Å². The lowest BCUT2D eigenvalue weighted by molar-refractivity contribution is -0.121. The number of methoxy groups -OCH3 is 1. The minimum absolute atomic E-state index is 0.0238. The molecule has 2 N–H and O–H groups in total. The number of carbonyl (C=O) groups is 1. The lowest BCUT2D eigenvalue weighted by Crippen LogP contribution is -2.33. The van der Waals surface area contributed by atoms with E-state index in [4.69, 9.17) is 4.74 Å². The van der Waals surface area contributed by atoms with Crippen LogP contribution in [-0.4, -0.2) is 23.0 Å². The smallest absolute Gasteiger partial charge is 0.225 e. The van der Waals surface area contributed by atoms with Crippen molar-refractivity contribution in [2.75, 3.05) is 7.11 Å². The zero-order valence-corrected chi connectivity index (χ0v) is 14.7. The number of aromatic nitrogens is 2. The molecule has 0 aliphatic rings. The van der Waals surface area contributed by atoms with Crippen molar-refractivity contribution in [1.82, 2.24) is 15.3 Å². The number of benzene rings is 2. The Hall–Kier alpha value is -2.82. The van der Waals surface area contributed by atoms with Gasteiger partial charge in [-0.3, -0.25) is 4.79 Å². The number of imidazole rings is 1. The van der Waals surface area contributed by atoms with E-state index in [9.17, 15) is 4.79 Å². The van der Waals surface area contributed by atoms with Crippen molar-refractivity contribution in [1.29, 1.82) is 0 Å². The van der Waals surface area contributed by atoms with E-state index in [1.165, 1.54) is 0 Å².